The van der Waals surface area contributed by atoms with Crippen molar-refractivity contribution in [2.75, 3.05) is 6.61 Å². The third-order valence-electron chi connectivity index (χ3n) is 1.87. The molecule has 6 heteroatoms. The maximum atomic E-state index is 9.12. The molecule has 0 aromatic rings. The highest BCUT2D eigenvalue weighted by atomic mass is 16.6. The van der Waals surface area contributed by atoms with Gasteiger partial charge in [-0.3, -0.25) is 0 Å². The maximum absolute atomic E-state index is 9.12. The summed E-state index contributed by atoms with van der Waals surface area (Å²) in [4.78, 5) is 0. The lowest BCUT2D eigenvalue weighted by atomic mass is 10.00. The second-order valence-corrected chi connectivity index (χ2v) is 2.72. The van der Waals surface area contributed by atoms with Crippen molar-refractivity contribution in [2.45, 2.75) is 30.7 Å². The van der Waals surface area contributed by atoms with Crippen molar-refractivity contribution in [3.63, 3.8) is 0 Å². The maximum Gasteiger partial charge on any atom is 0.184 e. The monoisotopic (exact) mass is 180 g/mol. The zero-order valence-electron chi connectivity index (χ0n) is 6.24. The van der Waals surface area contributed by atoms with Gasteiger partial charge < -0.3 is 30.3 Å². The van der Waals surface area contributed by atoms with E-state index in [1.54, 1.807) is 0 Å². The van der Waals surface area contributed by atoms with Crippen molar-refractivity contribution >= 4 is 0 Å². The Hall–Kier alpha value is -0.240. The van der Waals surface area contributed by atoms with Gasteiger partial charge in [0.05, 0.1) is 6.61 Å². The predicted molar refractivity (Wildman–Crippen MR) is 36.0 cm³/mol. The van der Waals surface area contributed by atoms with Crippen LogP contribution in [0.1, 0.15) is 0 Å². The van der Waals surface area contributed by atoms with Gasteiger partial charge in [-0.2, -0.15) is 0 Å². The number of aliphatic hydroxyl groups excluding tert-OH is 5. The lowest BCUT2D eigenvalue weighted by Crippen LogP contribution is -2.58. The van der Waals surface area contributed by atoms with Crippen molar-refractivity contribution in [2.24, 2.45) is 0 Å². The minimum absolute atomic E-state index is 0.526. The normalized spacial score (nSPS) is 49.2. The summed E-state index contributed by atoms with van der Waals surface area (Å²) >= 11 is 0. The fourth-order valence-corrected chi connectivity index (χ4v) is 1.08. The SMILES string of the molecule is OCC1O[C@H](O)[C@H](O)C(O)C1O. The fraction of sp³-hybridized carbons (Fsp3) is 1.00. The summed E-state index contributed by atoms with van der Waals surface area (Å²) in [5.74, 6) is 0. The average molecular weight is 180 g/mol. The second-order valence-electron chi connectivity index (χ2n) is 2.72. The first-order chi connectivity index (χ1) is 5.57. The molecule has 1 saturated heterocycles. The molecule has 0 aliphatic carbocycles. The molecule has 0 amide bonds. The van der Waals surface area contributed by atoms with Gasteiger partial charge in [0.2, 0.25) is 0 Å². The first kappa shape index (κ1) is 9.85. The molecule has 6 nitrogen and oxygen atoms in total. The molecule has 1 heterocycles. The molecule has 5 N–H and O–H groups in total. The lowest BCUT2D eigenvalue weighted by Gasteiger charge is -2.37. The Morgan fingerprint density at radius 1 is 0.917 bits per heavy atom. The van der Waals surface area contributed by atoms with Gasteiger partial charge in [-0.25, -0.2) is 0 Å². The Kier molecular flexibility index (Phi) is 2.99. The highest BCUT2D eigenvalue weighted by Gasteiger charge is 2.42. The van der Waals surface area contributed by atoms with Crippen LogP contribution in [0.25, 0.3) is 0 Å². The van der Waals surface area contributed by atoms with Gasteiger partial charge >= 0.3 is 0 Å². The summed E-state index contributed by atoms with van der Waals surface area (Å²) in [5.41, 5.74) is 0. The smallest absolute Gasteiger partial charge is 0.184 e. The van der Waals surface area contributed by atoms with E-state index in [4.69, 9.17) is 25.5 Å². The van der Waals surface area contributed by atoms with E-state index in [-0.39, 0.29) is 0 Å². The van der Waals surface area contributed by atoms with E-state index in [2.05, 4.69) is 4.74 Å². The van der Waals surface area contributed by atoms with Crippen LogP contribution in [-0.2, 0) is 4.74 Å². The van der Waals surface area contributed by atoms with Gasteiger partial charge in [-0.05, 0) is 0 Å². The van der Waals surface area contributed by atoms with Crippen LogP contribution >= 0.6 is 0 Å². The summed E-state index contributed by atoms with van der Waals surface area (Å²) in [5, 5.41) is 44.7. The molecule has 0 aromatic carbocycles. The van der Waals surface area contributed by atoms with Gasteiger partial charge in [0.15, 0.2) is 6.29 Å². The molecule has 3 unspecified atom stereocenters. The number of hydrogen-bond acceptors (Lipinski definition) is 6. The van der Waals surface area contributed by atoms with Crippen LogP contribution < -0.4 is 0 Å². The Morgan fingerprint density at radius 3 is 2.00 bits per heavy atom. The predicted octanol–water partition coefficient (Wildman–Crippen LogP) is -3.22. The molecule has 12 heavy (non-hydrogen) atoms. The van der Waals surface area contributed by atoms with E-state index in [1.807, 2.05) is 0 Å². The zero-order valence-corrected chi connectivity index (χ0v) is 6.24. The van der Waals surface area contributed by atoms with Crippen molar-refractivity contribution in [3.05, 3.63) is 0 Å². The Balaban J connectivity index is 2.63. The molecule has 5 atom stereocenters. The Morgan fingerprint density at radius 2 is 1.50 bits per heavy atom. The van der Waals surface area contributed by atoms with E-state index in [1.165, 1.54) is 0 Å². The molecular formula is C6H12O6. The molecule has 0 radical (unpaired) electrons. The molecule has 0 bridgehead atoms. The first-order valence-electron chi connectivity index (χ1n) is 3.56. The third kappa shape index (κ3) is 1.58. The number of ether oxygens (including phenoxy) is 1. The molecule has 1 aliphatic heterocycles. The summed E-state index contributed by atoms with van der Waals surface area (Å²) < 4.78 is 4.58. The van der Waals surface area contributed by atoms with Crippen molar-refractivity contribution in [1.29, 1.82) is 0 Å². The van der Waals surface area contributed by atoms with Crippen molar-refractivity contribution in [3.8, 4) is 0 Å². The topological polar surface area (TPSA) is 110 Å². The number of rotatable bonds is 1. The van der Waals surface area contributed by atoms with Crippen LogP contribution in [0.2, 0.25) is 0 Å². The van der Waals surface area contributed by atoms with E-state index >= 15 is 0 Å². The van der Waals surface area contributed by atoms with Crippen molar-refractivity contribution < 1.29 is 30.3 Å². The average Bonchev–Trinajstić information content (AvgIpc) is 2.08. The highest BCUT2D eigenvalue weighted by molar-refractivity contribution is 4.87. The number of hydrogen-bond donors (Lipinski definition) is 5. The fourth-order valence-electron chi connectivity index (χ4n) is 1.08. The van der Waals surface area contributed by atoms with Crippen LogP contribution in [0.5, 0.6) is 0 Å². The van der Waals surface area contributed by atoms with Crippen molar-refractivity contribution in [1.82, 2.24) is 0 Å². The summed E-state index contributed by atoms with van der Waals surface area (Å²) in [6, 6.07) is 0. The van der Waals surface area contributed by atoms with Crippen LogP contribution in [0.3, 0.4) is 0 Å². The van der Waals surface area contributed by atoms with Gasteiger partial charge in [-0.15, -0.1) is 0 Å². The highest BCUT2D eigenvalue weighted by Crippen LogP contribution is 2.18. The summed E-state index contributed by atoms with van der Waals surface area (Å²) in [6.07, 6.45) is -7.04. The van der Waals surface area contributed by atoms with Crippen LogP contribution in [0, 0.1) is 0 Å². The zero-order chi connectivity index (χ0) is 9.30. The van der Waals surface area contributed by atoms with Gasteiger partial charge in [0.25, 0.3) is 0 Å². The largest absolute Gasteiger partial charge is 0.394 e. The van der Waals surface area contributed by atoms with Crippen LogP contribution in [0.15, 0.2) is 0 Å². The van der Waals surface area contributed by atoms with Crippen LogP contribution in [-0.4, -0.2) is 62.8 Å². The summed E-state index contributed by atoms with van der Waals surface area (Å²) in [6.45, 7) is -0.526. The van der Waals surface area contributed by atoms with Gasteiger partial charge in [0, 0.05) is 0 Å². The molecular weight excluding hydrogens is 168 g/mol. The standard InChI is InChI=1S/C6H12O6/c7-1-2-3(8)4(9)5(10)6(11)12-2/h2-11H,1H2/t2?,3?,4?,5-,6+/m1/s1. The molecule has 0 aromatic heterocycles. The van der Waals surface area contributed by atoms with E-state index in [0.717, 1.165) is 0 Å². The first-order valence-corrected chi connectivity index (χ1v) is 3.56. The quantitative estimate of drug-likeness (QED) is 0.290. The Labute approximate surface area is 68.6 Å². The third-order valence-corrected chi connectivity index (χ3v) is 1.87. The second kappa shape index (κ2) is 3.65. The van der Waals surface area contributed by atoms with E-state index in [0.29, 0.717) is 0 Å². The van der Waals surface area contributed by atoms with Crippen LogP contribution in [0.4, 0.5) is 0 Å². The minimum atomic E-state index is -1.57. The molecule has 72 valence electrons. The number of aliphatic hydroxyl groups is 5. The van der Waals surface area contributed by atoms with E-state index < -0.39 is 37.3 Å². The minimum Gasteiger partial charge on any atom is -0.394 e. The molecule has 0 spiro atoms. The summed E-state index contributed by atoms with van der Waals surface area (Å²) in [7, 11) is 0. The molecule has 1 rings (SSSR count). The molecule has 0 saturated carbocycles. The lowest BCUT2D eigenvalue weighted by molar-refractivity contribution is -0.286. The molecule has 1 aliphatic rings. The molecule has 1 fully saturated rings. The van der Waals surface area contributed by atoms with E-state index in [9.17, 15) is 0 Å². The Bertz CT molecular complexity index is 146. The van der Waals surface area contributed by atoms with Gasteiger partial charge in [0.1, 0.15) is 24.4 Å². The van der Waals surface area contributed by atoms with Gasteiger partial charge in [-0.1, -0.05) is 0 Å².